The van der Waals surface area contributed by atoms with Crippen LogP contribution >= 0.6 is 11.6 Å². The Balaban J connectivity index is 3.12. The number of halogens is 1. The van der Waals surface area contributed by atoms with E-state index in [2.05, 4.69) is 6.92 Å². The number of hydrogen-bond acceptors (Lipinski definition) is 3. The molecule has 98 valence electrons. The summed E-state index contributed by atoms with van der Waals surface area (Å²) >= 11 is 5.85. The van der Waals surface area contributed by atoms with Gasteiger partial charge in [-0.15, -0.1) is 11.6 Å². The van der Waals surface area contributed by atoms with Gasteiger partial charge >= 0.3 is 0 Å². The van der Waals surface area contributed by atoms with Gasteiger partial charge in [0, 0.05) is 19.6 Å². The third-order valence-electron chi connectivity index (χ3n) is 2.39. The molecule has 0 bridgehead atoms. The zero-order valence-electron chi connectivity index (χ0n) is 10.5. The van der Waals surface area contributed by atoms with Crippen molar-refractivity contribution in [1.29, 1.82) is 0 Å². The maximum atomic E-state index is 5.85. The Morgan fingerprint density at radius 3 is 2.12 bits per heavy atom. The van der Waals surface area contributed by atoms with Gasteiger partial charge in [-0.25, -0.2) is 0 Å². The first-order chi connectivity index (χ1) is 7.85. The van der Waals surface area contributed by atoms with Crippen LogP contribution in [0.3, 0.4) is 0 Å². The maximum absolute atomic E-state index is 5.85. The average Bonchev–Trinajstić information content (AvgIpc) is 2.31. The Kier molecular flexibility index (Phi) is 13.4. The van der Waals surface area contributed by atoms with E-state index in [0.29, 0.717) is 32.3 Å². The van der Waals surface area contributed by atoms with Crippen LogP contribution in [0.4, 0.5) is 0 Å². The molecule has 1 atom stereocenters. The summed E-state index contributed by atoms with van der Waals surface area (Å²) in [5, 5.41) is 0. The summed E-state index contributed by atoms with van der Waals surface area (Å²) in [6.07, 6.45) is 3.43. The standard InChI is InChI=1S/C12H25ClO3/c1-3-4-12(11-13)5-6-15-9-10-16-8-7-14-2/h12H,3-11H2,1-2H3. The lowest BCUT2D eigenvalue weighted by Crippen LogP contribution is -2.11. The van der Waals surface area contributed by atoms with Crippen LogP contribution in [-0.2, 0) is 14.2 Å². The van der Waals surface area contributed by atoms with Crippen molar-refractivity contribution >= 4 is 11.6 Å². The molecule has 0 spiro atoms. The number of hydrogen-bond donors (Lipinski definition) is 0. The van der Waals surface area contributed by atoms with Crippen molar-refractivity contribution < 1.29 is 14.2 Å². The summed E-state index contributed by atoms with van der Waals surface area (Å²) in [7, 11) is 1.67. The van der Waals surface area contributed by atoms with Gasteiger partial charge in [-0.2, -0.15) is 0 Å². The number of rotatable bonds is 12. The quantitative estimate of drug-likeness (QED) is 0.395. The largest absolute Gasteiger partial charge is 0.382 e. The van der Waals surface area contributed by atoms with Crippen molar-refractivity contribution in [3.05, 3.63) is 0 Å². The van der Waals surface area contributed by atoms with Crippen LogP contribution in [0, 0.1) is 5.92 Å². The van der Waals surface area contributed by atoms with Crippen LogP contribution in [0.2, 0.25) is 0 Å². The molecule has 0 heterocycles. The van der Waals surface area contributed by atoms with Crippen molar-refractivity contribution in [2.75, 3.05) is 46.0 Å². The lowest BCUT2D eigenvalue weighted by molar-refractivity contribution is 0.0221. The first-order valence-electron chi connectivity index (χ1n) is 6.05. The number of methoxy groups -OCH3 is 1. The van der Waals surface area contributed by atoms with E-state index < -0.39 is 0 Å². The lowest BCUT2D eigenvalue weighted by atomic mass is 10.0. The highest BCUT2D eigenvalue weighted by Gasteiger charge is 2.05. The molecule has 4 heteroatoms. The molecule has 0 saturated carbocycles. The van der Waals surface area contributed by atoms with Gasteiger partial charge in [0.2, 0.25) is 0 Å². The fraction of sp³-hybridized carbons (Fsp3) is 1.00. The van der Waals surface area contributed by atoms with Crippen molar-refractivity contribution in [1.82, 2.24) is 0 Å². The number of alkyl halides is 1. The lowest BCUT2D eigenvalue weighted by Gasteiger charge is -2.12. The Hall–Kier alpha value is 0.170. The van der Waals surface area contributed by atoms with Crippen LogP contribution in [-0.4, -0.2) is 46.0 Å². The van der Waals surface area contributed by atoms with Gasteiger partial charge in [0.15, 0.2) is 0 Å². The Labute approximate surface area is 104 Å². The predicted octanol–water partition coefficient (Wildman–Crippen LogP) is 2.71. The Morgan fingerprint density at radius 2 is 1.56 bits per heavy atom. The molecular weight excluding hydrogens is 228 g/mol. The highest BCUT2D eigenvalue weighted by atomic mass is 35.5. The van der Waals surface area contributed by atoms with Gasteiger partial charge in [0.1, 0.15) is 0 Å². The van der Waals surface area contributed by atoms with Gasteiger partial charge in [-0.05, 0) is 18.8 Å². The second-order valence-electron chi connectivity index (χ2n) is 3.82. The topological polar surface area (TPSA) is 27.7 Å². The van der Waals surface area contributed by atoms with E-state index >= 15 is 0 Å². The van der Waals surface area contributed by atoms with E-state index in [1.807, 2.05) is 0 Å². The molecule has 0 aliphatic carbocycles. The molecule has 0 amide bonds. The van der Waals surface area contributed by atoms with Crippen molar-refractivity contribution in [3.8, 4) is 0 Å². The minimum absolute atomic E-state index is 0.598. The summed E-state index contributed by atoms with van der Waals surface area (Å²) in [5.74, 6) is 1.34. The second-order valence-corrected chi connectivity index (χ2v) is 4.12. The first-order valence-corrected chi connectivity index (χ1v) is 6.59. The van der Waals surface area contributed by atoms with Crippen LogP contribution in [0.25, 0.3) is 0 Å². The second kappa shape index (κ2) is 13.2. The van der Waals surface area contributed by atoms with Gasteiger partial charge in [-0.3, -0.25) is 0 Å². The highest BCUT2D eigenvalue weighted by Crippen LogP contribution is 2.12. The fourth-order valence-electron chi connectivity index (χ4n) is 1.42. The van der Waals surface area contributed by atoms with E-state index in [0.717, 1.165) is 18.9 Å². The van der Waals surface area contributed by atoms with Crippen LogP contribution < -0.4 is 0 Å². The van der Waals surface area contributed by atoms with Crippen molar-refractivity contribution in [2.45, 2.75) is 26.2 Å². The van der Waals surface area contributed by atoms with Crippen LogP contribution in [0.1, 0.15) is 26.2 Å². The van der Waals surface area contributed by atoms with Crippen LogP contribution in [0.5, 0.6) is 0 Å². The molecule has 1 unspecified atom stereocenters. The maximum Gasteiger partial charge on any atom is 0.0701 e. The molecule has 16 heavy (non-hydrogen) atoms. The SMILES string of the molecule is CCCC(CCl)CCOCCOCCOC. The van der Waals surface area contributed by atoms with Gasteiger partial charge in [0.05, 0.1) is 26.4 Å². The fourth-order valence-corrected chi connectivity index (χ4v) is 1.73. The molecule has 0 rings (SSSR count). The van der Waals surface area contributed by atoms with Crippen molar-refractivity contribution in [3.63, 3.8) is 0 Å². The molecule has 0 aromatic carbocycles. The average molecular weight is 253 g/mol. The van der Waals surface area contributed by atoms with E-state index in [1.54, 1.807) is 7.11 Å². The van der Waals surface area contributed by atoms with Crippen LogP contribution in [0.15, 0.2) is 0 Å². The van der Waals surface area contributed by atoms with E-state index in [-0.39, 0.29) is 0 Å². The zero-order chi connectivity index (χ0) is 12.1. The molecule has 0 aromatic rings. The highest BCUT2D eigenvalue weighted by molar-refractivity contribution is 6.18. The number of ether oxygens (including phenoxy) is 3. The zero-order valence-corrected chi connectivity index (χ0v) is 11.3. The van der Waals surface area contributed by atoms with E-state index in [9.17, 15) is 0 Å². The summed E-state index contributed by atoms with van der Waals surface area (Å²) in [5.41, 5.74) is 0. The van der Waals surface area contributed by atoms with E-state index in [1.165, 1.54) is 12.8 Å². The monoisotopic (exact) mass is 252 g/mol. The summed E-state index contributed by atoms with van der Waals surface area (Å²) in [6.45, 7) is 5.55. The molecule has 0 fully saturated rings. The van der Waals surface area contributed by atoms with Gasteiger partial charge in [0.25, 0.3) is 0 Å². The summed E-state index contributed by atoms with van der Waals surface area (Å²) < 4.78 is 15.6. The first kappa shape index (κ1) is 16.2. The molecule has 0 radical (unpaired) electrons. The molecular formula is C12H25ClO3. The molecule has 0 aromatic heterocycles. The van der Waals surface area contributed by atoms with E-state index in [4.69, 9.17) is 25.8 Å². The van der Waals surface area contributed by atoms with Gasteiger partial charge < -0.3 is 14.2 Å². The van der Waals surface area contributed by atoms with Gasteiger partial charge in [-0.1, -0.05) is 13.3 Å². The van der Waals surface area contributed by atoms with Crippen molar-refractivity contribution in [2.24, 2.45) is 5.92 Å². The smallest absolute Gasteiger partial charge is 0.0701 e. The predicted molar refractivity (Wildman–Crippen MR) is 67.2 cm³/mol. The molecule has 3 nitrogen and oxygen atoms in total. The minimum Gasteiger partial charge on any atom is -0.382 e. The normalized spacial score (nSPS) is 12.9. The third-order valence-corrected chi connectivity index (χ3v) is 2.83. The Morgan fingerprint density at radius 1 is 0.938 bits per heavy atom. The minimum atomic E-state index is 0.598. The summed E-state index contributed by atoms with van der Waals surface area (Å²) in [6, 6.07) is 0. The molecule has 0 aliphatic heterocycles. The summed E-state index contributed by atoms with van der Waals surface area (Å²) in [4.78, 5) is 0. The molecule has 0 saturated heterocycles. The molecule has 0 N–H and O–H groups in total. The third kappa shape index (κ3) is 10.7. The molecule has 0 aliphatic rings. The Bertz CT molecular complexity index is 133.